The van der Waals surface area contributed by atoms with Crippen molar-refractivity contribution in [2.45, 2.75) is 12.8 Å². The van der Waals surface area contributed by atoms with E-state index >= 15 is 0 Å². The van der Waals surface area contributed by atoms with Gasteiger partial charge in [-0.05, 0) is 18.2 Å². The molecule has 0 saturated heterocycles. The highest BCUT2D eigenvalue weighted by atomic mass is 16.6. The maximum Gasteiger partial charge on any atom is 0.306 e. The predicted molar refractivity (Wildman–Crippen MR) is 104 cm³/mol. The van der Waals surface area contributed by atoms with E-state index in [1.807, 2.05) is 0 Å². The van der Waals surface area contributed by atoms with Crippen LogP contribution in [0.1, 0.15) is 12.8 Å². The maximum absolute atomic E-state index is 11.9. The lowest BCUT2D eigenvalue weighted by Gasteiger charge is -2.09. The summed E-state index contributed by atoms with van der Waals surface area (Å²) in [5, 5.41) is 16.0. The zero-order valence-electron chi connectivity index (χ0n) is 15.5. The van der Waals surface area contributed by atoms with Crippen molar-refractivity contribution in [1.82, 2.24) is 0 Å². The number of esters is 1. The van der Waals surface area contributed by atoms with Gasteiger partial charge in [0.05, 0.1) is 18.5 Å². The van der Waals surface area contributed by atoms with Gasteiger partial charge < -0.3 is 20.1 Å². The van der Waals surface area contributed by atoms with Crippen LogP contribution in [0.5, 0.6) is 5.75 Å². The first-order chi connectivity index (χ1) is 13.9. The number of carbonyl (C=O) groups is 3. The van der Waals surface area contributed by atoms with E-state index in [9.17, 15) is 24.5 Å². The monoisotopic (exact) mass is 401 g/mol. The molecule has 152 valence electrons. The number of benzene rings is 2. The minimum atomic E-state index is -0.761. The summed E-state index contributed by atoms with van der Waals surface area (Å²) in [5.74, 6) is -1.57. The van der Waals surface area contributed by atoms with Gasteiger partial charge in [0.25, 0.3) is 11.6 Å². The number of nitro groups is 1. The van der Waals surface area contributed by atoms with Crippen LogP contribution >= 0.6 is 0 Å². The molecule has 0 aliphatic carbocycles. The maximum atomic E-state index is 11.9. The molecule has 0 aliphatic heterocycles. The molecule has 0 fully saturated rings. The molecule has 2 amide bonds. The SMILES string of the molecule is COc1ccc([N+](=O)[O-])c(NC(=O)COC(=O)CCC(=O)Nc2ccccc2)c1. The lowest BCUT2D eigenvalue weighted by atomic mass is 10.2. The smallest absolute Gasteiger partial charge is 0.306 e. The molecule has 10 heteroatoms. The molecule has 29 heavy (non-hydrogen) atoms. The van der Waals surface area contributed by atoms with E-state index in [1.165, 1.54) is 25.3 Å². The van der Waals surface area contributed by atoms with E-state index in [2.05, 4.69) is 10.6 Å². The Morgan fingerprint density at radius 1 is 1.00 bits per heavy atom. The molecular formula is C19H19N3O7. The summed E-state index contributed by atoms with van der Waals surface area (Å²) < 4.78 is 9.77. The van der Waals surface area contributed by atoms with Crippen molar-refractivity contribution >= 4 is 34.8 Å². The molecule has 0 bridgehead atoms. The fourth-order valence-electron chi connectivity index (χ4n) is 2.27. The number of nitrogens with one attached hydrogen (secondary N) is 2. The van der Waals surface area contributed by atoms with E-state index in [1.54, 1.807) is 30.3 Å². The van der Waals surface area contributed by atoms with Gasteiger partial charge in [-0.3, -0.25) is 24.5 Å². The highest BCUT2D eigenvalue weighted by molar-refractivity contribution is 5.96. The van der Waals surface area contributed by atoms with Crippen LogP contribution in [-0.4, -0.2) is 36.4 Å². The first-order valence-corrected chi connectivity index (χ1v) is 8.52. The quantitative estimate of drug-likeness (QED) is 0.374. The average Bonchev–Trinajstić information content (AvgIpc) is 2.71. The molecule has 2 aromatic rings. The van der Waals surface area contributed by atoms with Crippen LogP contribution in [0.25, 0.3) is 0 Å². The molecule has 0 saturated carbocycles. The summed E-state index contributed by atoms with van der Waals surface area (Å²) in [6, 6.07) is 12.6. The Labute approximate surface area is 166 Å². The number of hydrogen-bond donors (Lipinski definition) is 2. The fourth-order valence-corrected chi connectivity index (χ4v) is 2.27. The largest absolute Gasteiger partial charge is 0.497 e. The van der Waals surface area contributed by atoms with Crippen LogP contribution in [0.2, 0.25) is 0 Å². The Balaban J connectivity index is 1.79. The van der Waals surface area contributed by atoms with E-state index in [0.29, 0.717) is 11.4 Å². The average molecular weight is 401 g/mol. The van der Waals surface area contributed by atoms with E-state index < -0.39 is 23.4 Å². The second-order valence-electron chi connectivity index (χ2n) is 5.76. The minimum Gasteiger partial charge on any atom is -0.497 e. The molecule has 0 aliphatic rings. The number of para-hydroxylation sites is 1. The van der Waals surface area contributed by atoms with E-state index in [-0.39, 0.29) is 30.1 Å². The van der Waals surface area contributed by atoms with Crippen molar-refractivity contribution in [2.24, 2.45) is 0 Å². The van der Waals surface area contributed by atoms with Crippen LogP contribution in [0.15, 0.2) is 48.5 Å². The summed E-state index contributed by atoms with van der Waals surface area (Å²) in [6.07, 6.45) is -0.331. The number of nitrogens with zero attached hydrogens (tertiary/aromatic N) is 1. The Morgan fingerprint density at radius 3 is 2.38 bits per heavy atom. The first-order valence-electron chi connectivity index (χ1n) is 8.52. The lowest BCUT2D eigenvalue weighted by Crippen LogP contribution is -2.22. The van der Waals surface area contributed by atoms with Crippen LogP contribution in [0.4, 0.5) is 17.1 Å². The molecule has 0 radical (unpaired) electrons. The predicted octanol–water partition coefficient (Wildman–Crippen LogP) is 2.50. The second kappa shape index (κ2) is 10.4. The minimum absolute atomic E-state index is 0.0855. The number of amides is 2. The van der Waals surface area contributed by atoms with Crippen LogP contribution in [0, 0.1) is 10.1 Å². The Bertz CT molecular complexity index is 900. The first kappa shape index (κ1) is 21.4. The Kier molecular flexibility index (Phi) is 7.66. The fraction of sp³-hybridized carbons (Fsp3) is 0.211. The standard InChI is InChI=1S/C19H19N3O7/c1-28-14-7-8-16(22(26)27)15(11-14)21-18(24)12-29-19(25)10-9-17(23)20-13-5-3-2-4-6-13/h2-8,11H,9-10,12H2,1H3,(H,20,23)(H,21,24). The molecule has 0 spiro atoms. The van der Waals surface area contributed by atoms with Gasteiger partial charge in [0.1, 0.15) is 11.4 Å². The van der Waals surface area contributed by atoms with Crippen molar-refractivity contribution in [1.29, 1.82) is 0 Å². The van der Waals surface area contributed by atoms with Gasteiger partial charge in [0, 0.05) is 24.2 Å². The zero-order valence-corrected chi connectivity index (χ0v) is 15.5. The highest BCUT2D eigenvalue weighted by Crippen LogP contribution is 2.28. The zero-order chi connectivity index (χ0) is 21.2. The van der Waals surface area contributed by atoms with Crippen molar-refractivity contribution in [3.63, 3.8) is 0 Å². The summed E-state index contributed by atoms with van der Waals surface area (Å²) in [4.78, 5) is 45.8. The summed E-state index contributed by atoms with van der Waals surface area (Å²) in [7, 11) is 1.38. The van der Waals surface area contributed by atoms with E-state index in [0.717, 1.165) is 0 Å². The van der Waals surface area contributed by atoms with Gasteiger partial charge in [-0.2, -0.15) is 0 Å². The molecule has 2 rings (SSSR count). The number of carbonyl (C=O) groups excluding carboxylic acids is 3. The normalized spacial score (nSPS) is 9.97. The van der Waals surface area contributed by atoms with Gasteiger partial charge in [-0.25, -0.2) is 0 Å². The van der Waals surface area contributed by atoms with Gasteiger partial charge in [-0.1, -0.05) is 18.2 Å². The third kappa shape index (κ3) is 6.94. The molecule has 0 unspecified atom stereocenters. The topological polar surface area (TPSA) is 137 Å². The van der Waals surface area contributed by atoms with Crippen molar-refractivity contribution in [3.05, 3.63) is 58.6 Å². The molecule has 10 nitrogen and oxygen atoms in total. The van der Waals surface area contributed by atoms with Gasteiger partial charge >= 0.3 is 5.97 Å². The summed E-state index contributed by atoms with van der Waals surface area (Å²) in [6.45, 7) is -0.645. The van der Waals surface area contributed by atoms with Crippen molar-refractivity contribution in [3.8, 4) is 5.75 Å². The number of rotatable bonds is 9. The second-order valence-corrected chi connectivity index (χ2v) is 5.76. The molecule has 0 aromatic heterocycles. The van der Waals surface area contributed by atoms with Crippen LogP contribution < -0.4 is 15.4 Å². The molecule has 0 heterocycles. The lowest BCUT2D eigenvalue weighted by molar-refractivity contribution is -0.383. The molecule has 2 aromatic carbocycles. The van der Waals surface area contributed by atoms with Crippen LogP contribution in [-0.2, 0) is 19.1 Å². The Hall–Kier alpha value is -3.95. The number of hydrogen-bond acceptors (Lipinski definition) is 7. The van der Waals surface area contributed by atoms with E-state index in [4.69, 9.17) is 9.47 Å². The van der Waals surface area contributed by atoms with Crippen LogP contribution in [0.3, 0.4) is 0 Å². The molecule has 0 atom stereocenters. The number of nitro benzene ring substituents is 1. The number of ether oxygens (including phenoxy) is 2. The van der Waals surface area contributed by atoms with Gasteiger partial charge in [0.15, 0.2) is 6.61 Å². The number of methoxy groups -OCH3 is 1. The number of anilines is 2. The van der Waals surface area contributed by atoms with Crippen molar-refractivity contribution in [2.75, 3.05) is 24.4 Å². The highest BCUT2D eigenvalue weighted by Gasteiger charge is 2.18. The summed E-state index contributed by atoms with van der Waals surface area (Å²) in [5.41, 5.74) is 0.186. The van der Waals surface area contributed by atoms with Gasteiger partial charge in [-0.15, -0.1) is 0 Å². The third-order valence-electron chi connectivity index (χ3n) is 3.65. The third-order valence-corrected chi connectivity index (χ3v) is 3.65. The Morgan fingerprint density at radius 2 is 1.72 bits per heavy atom. The summed E-state index contributed by atoms with van der Waals surface area (Å²) >= 11 is 0. The molecule has 2 N–H and O–H groups in total. The van der Waals surface area contributed by atoms with Gasteiger partial charge in [0.2, 0.25) is 5.91 Å². The molecular weight excluding hydrogens is 382 g/mol. The van der Waals surface area contributed by atoms with Crippen molar-refractivity contribution < 1.29 is 28.8 Å².